The second-order valence-electron chi connectivity index (χ2n) is 6.64. The van der Waals surface area contributed by atoms with Gasteiger partial charge in [0.25, 0.3) is 5.56 Å². The largest absolute Gasteiger partial charge is 0.462 e. The molecule has 0 spiro atoms. The normalized spacial score (nSPS) is 15.0. The van der Waals surface area contributed by atoms with Crippen LogP contribution in [0.1, 0.15) is 60.6 Å². The number of fused-ring (bicyclic) bond motifs is 1. The zero-order chi connectivity index (χ0) is 19.2. The summed E-state index contributed by atoms with van der Waals surface area (Å²) in [7, 11) is -3.26. The summed E-state index contributed by atoms with van der Waals surface area (Å²) in [6.07, 6.45) is 7.53. The van der Waals surface area contributed by atoms with Crippen molar-refractivity contribution in [3.63, 3.8) is 0 Å². The van der Waals surface area contributed by atoms with Crippen LogP contribution in [0.15, 0.2) is 10.9 Å². The Labute approximate surface area is 154 Å². The summed E-state index contributed by atoms with van der Waals surface area (Å²) >= 11 is 0. The summed E-state index contributed by atoms with van der Waals surface area (Å²) in [6, 6.07) is 1.70. The van der Waals surface area contributed by atoms with Gasteiger partial charge in [-0.05, 0) is 50.7 Å². The summed E-state index contributed by atoms with van der Waals surface area (Å²) in [5.74, 6) is -0.592. The Kier molecular flexibility index (Phi) is 7.40. The number of aromatic nitrogens is 1. The molecule has 1 aliphatic carbocycles. The van der Waals surface area contributed by atoms with Crippen LogP contribution in [0.25, 0.3) is 0 Å². The minimum absolute atomic E-state index is 0.0715. The second-order valence-corrected chi connectivity index (χ2v) is 8.47. The van der Waals surface area contributed by atoms with Gasteiger partial charge >= 0.3 is 5.97 Å². The molecule has 7 nitrogen and oxygen atoms in total. The van der Waals surface area contributed by atoms with Crippen LogP contribution in [-0.2, 0) is 34.1 Å². The van der Waals surface area contributed by atoms with Gasteiger partial charge in [-0.3, -0.25) is 4.79 Å². The molecule has 146 valence electrons. The number of nitrogens with one attached hydrogen (secondary N) is 1. The van der Waals surface area contributed by atoms with Gasteiger partial charge in [0.15, 0.2) is 0 Å². The van der Waals surface area contributed by atoms with E-state index in [0.717, 1.165) is 56.0 Å². The molecule has 0 saturated carbocycles. The summed E-state index contributed by atoms with van der Waals surface area (Å²) in [6.45, 7) is 2.55. The summed E-state index contributed by atoms with van der Waals surface area (Å²) < 4.78 is 31.5. The number of rotatable bonds is 7. The molecule has 0 atom stereocenters. The van der Waals surface area contributed by atoms with Crippen molar-refractivity contribution in [2.75, 3.05) is 19.4 Å². The zero-order valence-corrected chi connectivity index (χ0v) is 16.4. The Balaban J connectivity index is 2.35. The fourth-order valence-corrected chi connectivity index (χ4v) is 3.84. The predicted molar refractivity (Wildman–Crippen MR) is 100.0 cm³/mol. The number of esters is 1. The van der Waals surface area contributed by atoms with E-state index in [9.17, 15) is 18.0 Å². The number of carbonyl (C=O) groups is 1. The van der Waals surface area contributed by atoms with E-state index in [1.54, 1.807) is 17.6 Å². The maximum absolute atomic E-state index is 12.9. The average molecular weight is 384 g/mol. The van der Waals surface area contributed by atoms with E-state index >= 15 is 0 Å². The molecule has 0 saturated heterocycles. The van der Waals surface area contributed by atoms with Crippen LogP contribution in [-0.4, -0.2) is 38.4 Å². The summed E-state index contributed by atoms with van der Waals surface area (Å²) in [4.78, 5) is 25.1. The lowest BCUT2D eigenvalue weighted by atomic mass is 9.95. The third-order valence-corrected chi connectivity index (χ3v) is 5.25. The van der Waals surface area contributed by atoms with Crippen LogP contribution in [0.5, 0.6) is 0 Å². The molecule has 0 radical (unpaired) electrons. The van der Waals surface area contributed by atoms with E-state index in [4.69, 9.17) is 4.74 Å². The molecule has 2 rings (SSSR count). The average Bonchev–Trinajstić information content (AvgIpc) is 2.53. The number of nitrogens with zero attached hydrogens (tertiary/aromatic N) is 1. The monoisotopic (exact) mass is 384 g/mol. The van der Waals surface area contributed by atoms with Crippen molar-refractivity contribution in [2.24, 2.45) is 0 Å². The number of sulfonamides is 1. The Morgan fingerprint density at radius 2 is 1.92 bits per heavy atom. The third-order valence-electron chi connectivity index (χ3n) is 4.52. The van der Waals surface area contributed by atoms with E-state index in [1.807, 2.05) is 0 Å². The summed E-state index contributed by atoms with van der Waals surface area (Å²) in [5.41, 5.74) is 1.73. The maximum atomic E-state index is 12.9. The van der Waals surface area contributed by atoms with Gasteiger partial charge in [0.2, 0.25) is 10.0 Å². The molecule has 1 aromatic rings. The molecule has 0 amide bonds. The second kappa shape index (κ2) is 9.32. The quantitative estimate of drug-likeness (QED) is 0.569. The predicted octanol–water partition coefficient (Wildman–Crippen LogP) is 1.62. The molecular formula is C18H28N2O5S. The Morgan fingerprint density at radius 1 is 1.23 bits per heavy atom. The van der Waals surface area contributed by atoms with Crippen LogP contribution < -0.4 is 10.3 Å². The Bertz CT molecular complexity index is 799. The molecule has 0 bridgehead atoms. The van der Waals surface area contributed by atoms with Crippen LogP contribution >= 0.6 is 0 Å². The minimum Gasteiger partial charge on any atom is -0.462 e. The van der Waals surface area contributed by atoms with Gasteiger partial charge in [-0.25, -0.2) is 17.9 Å². The van der Waals surface area contributed by atoms with E-state index in [1.165, 1.54) is 0 Å². The molecule has 1 aromatic heterocycles. The van der Waals surface area contributed by atoms with E-state index in [0.29, 0.717) is 13.0 Å². The van der Waals surface area contributed by atoms with Crippen LogP contribution in [0.3, 0.4) is 0 Å². The highest BCUT2D eigenvalue weighted by Crippen LogP contribution is 2.20. The molecule has 0 aromatic carbocycles. The first kappa shape index (κ1) is 20.6. The first-order valence-electron chi connectivity index (χ1n) is 9.21. The van der Waals surface area contributed by atoms with Gasteiger partial charge in [0.1, 0.15) is 5.56 Å². The van der Waals surface area contributed by atoms with E-state index in [-0.39, 0.29) is 24.3 Å². The van der Waals surface area contributed by atoms with Crippen molar-refractivity contribution in [3.05, 3.63) is 33.2 Å². The number of hydrogen-bond donors (Lipinski definition) is 1. The molecule has 26 heavy (non-hydrogen) atoms. The van der Waals surface area contributed by atoms with Gasteiger partial charge in [-0.2, -0.15) is 0 Å². The molecule has 1 N–H and O–H groups in total. The van der Waals surface area contributed by atoms with Crippen molar-refractivity contribution in [3.8, 4) is 0 Å². The van der Waals surface area contributed by atoms with Crippen LogP contribution in [0, 0.1) is 0 Å². The third kappa shape index (κ3) is 5.67. The van der Waals surface area contributed by atoms with Gasteiger partial charge in [-0.15, -0.1) is 0 Å². The Hall–Kier alpha value is -1.67. The van der Waals surface area contributed by atoms with Gasteiger partial charge in [-0.1, -0.05) is 12.8 Å². The Morgan fingerprint density at radius 3 is 2.58 bits per heavy atom. The number of hydrogen-bond acceptors (Lipinski definition) is 5. The lowest BCUT2D eigenvalue weighted by Gasteiger charge is -2.21. The number of pyridine rings is 1. The topological polar surface area (TPSA) is 94.5 Å². The number of aryl methyl sites for hydroxylation is 1. The fourth-order valence-electron chi connectivity index (χ4n) is 3.32. The smallest absolute Gasteiger partial charge is 0.343 e. The zero-order valence-electron chi connectivity index (χ0n) is 15.5. The van der Waals surface area contributed by atoms with Crippen molar-refractivity contribution in [1.29, 1.82) is 0 Å². The molecule has 0 aliphatic heterocycles. The highest BCUT2D eigenvalue weighted by atomic mass is 32.2. The summed E-state index contributed by atoms with van der Waals surface area (Å²) in [5, 5.41) is 0. The molecule has 0 unspecified atom stereocenters. The minimum atomic E-state index is -3.26. The first-order valence-corrected chi connectivity index (χ1v) is 11.1. The molecule has 1 aliphatic rings. The van der Waals surface area contributed by atoms with Crippen molar-refractivity contribution in [1.82, 2.24) is 9.29 Å². The molecule has 0 fully saturated rings. The van der Waals surface area contributed by atoms with Crippen molar-refractivity contribution >= 4 is 16.0 Å². The van der Waals surface area contributed by atoms with E-state index < -0.39 is 16.0 Å². The SMILES string of the molecule is CCOC(=O)c1cc2c(n(CCCNS(C)(=O)=O)c1=O)CCCCCC2. The highest BCUT2D eigenvalue weighted by Gasteiger charge is 2.20. The first-order chi connectivity index (χ1) is 12.3. The van der Waals surface area contributed by atoms with E-state index in [2.05, 4.69) is 4.72 Å². The number of carbonyl (C=O) groups excluding carboxylic acids is 1. The fraction of sp³-hybridized carbons (Fsp3) is 0.667. The van der Waals surface area contributed by atoms with Gasteiger partial charge in [0.05, 0.1) is 12.9 Å². The van der Waals surface area contributed by atoms with Gasteiger partial charge < -0.3 is 9.30 Å². The van der Waals surface area contributed by atoms with Gasteiger partial charge in [0, 0.05) is 18.8 Å². The lowest BCUT2D eigenvalue weighted by molar-refractivity contribution is 0.0523. The number of ether oxygens (including phenoxy) is 1. The van der Waals surface area contributed by atoms with Crippen molar-refractivity contribution < 1.29 is 17.9 Å². The maximum Gasteiger partial charge on any atom is 0.343 e. The highest BCUT2D eigenvalue weighted by molar-refractivity contribution is 7.88. The standard InChI is InChI=1S/C18H28N2O5S/c1-3-25-18(22)15-13-14-9-6-4-5-7-10-16(14)20(17(15)21)12-8-11-19-26(2,23)24/h13,19H,3-12H2,1-2H3. The molecule has 8 heteroatoms. The van der Waals surface area contributed by atoms with Crippen LogP contribution in [0.2, 0.25) is 0 Å². The van der Waals surface area contributed by atoms with Crippen molar-refractivity contribution in [2.45, 2.75) is 58.4 Å². The lowest BCUT2D eigenvalue weighted by Crippen LogP contribution is -2.33. The molecular weight excluding hydrogens is 356 g/mol. The van der Waals surface area contributed by atoms with Crippen LogP contribution in [0.4, 0.5) is 0 Å². The molecule has 1 heterocycles.